The first-order valence-corrected chi connectivity index (χ1v) is 5.16. The Balaban J connectivity index is 2.70. The van der Waals surface area contributed by atoms with E-state index in [-0.39, 0.29) is 6.61 Å². The molecule has 0 radical (unpaired) electrons. The first-order chi connectivity index (χ1) is 7.54. The first-order valence-electron chi connectivity index (χ1n) is 4.79. The summed E-state index contributed by atoms with van der Waals surface area (Å²) in [7, 11) is 0. The Bertz CT molecular complexity index is 418. The number of nitrogens with one attached hydrogen (secondary N) is 1. The third kappa shape index (κ3) is 3.24. The highest BCUT2D eigenvalue weighted by Crippen LogP contribution is 2.19. The molecule has 0 bridgehead atoms. The highest BCUT2D eigenvalue weighted by Gasteiger charge is 2.14. The zero-order chi connectivity index (χ0) is 12.1. The van der Waals surface area contributed by atoms with Crippen molar-refractivity contribution in [2.75, 3.05) is 11.9 Å². The second-order valence-corrected chi connectivity index (χ2v) is 3.55. The van der Waals surface area contributed by atoms with E-state index in [0.717, 1.165) is 5.56 Å². The third-order valence-electron chi connectivity index (χ3n) is 1.89. The highest BCUT2D eigenvalue weighted by atomic mass is 35.5. The van der Waals surface area contributed by atoms with Crippen molar-refractivity contribution in [3.8, 4) is 0 Å². The molecule has 1 amide bonds. The van der Waals surface area contributed by atoms with Gasteiger partial charge in [0.1, 0.15) is 0 Å². The molecule has 0 aliphatic heterocycles. The lowest BCUT2D eigenvalue weighted by Crippen LogP contribution is -2.24. The van der Waals surface area contributed by atoms with Crippen molar-refractivity contribution >= 4 is 29.2 Å². The summed E-state index contributed by atoms with van der Waals surface area (Å²) in [4.78, 5) is 22.3. The van der Waals surface area contributed by atoms with Gasteiger partial charge in [-0.15, -0.1) is 0 Å². The Hall–Kier alpha value is -1.55. The molecule has 4 nitrogen and oxygen atoms in total. The number of ether oxygens (including phenoxy) is 1. The van der Waals surface area contributed by atoms with Gasteiger partial charge in [-0.2, -0.15) is 0 Å². The van der Waals surface area contributed by atoms with E-state index in [2.05, 4.69) is 10.1 Å². The minimum absolute atomic E-state index is 0.168. The molecule has 0 unspecified atom stereocenters. The molecule has 0 heterocycles. The van der Waals surface area contributed by atoms with Gasteiger partial charge >= 0.3 is 11.9 Å². The fourth-order valence-electron chi connectivity index (χ4n) is 1.05. The smallest absolute Gasteiger partial charge is 0.397 e. The van der Waals surface area contributed by atoms with Crippen LogP contribution in [0.25, 0.3) is 0 Å². The maximum absolute atomic E-state index is 11.3. The fraction of sp³-hybridized carbons (Fsp3) is 0.273. The molecule has 1 aromatic rings. The number of rotatable bonds is 2. The number of amides is 1. The molecule has 0 atom stereocenters. The Kier molecular flexibility index (Phi) is 4.31. The van der Waals surface area contributed by atoms with Gasteiger partial charge in [0, 0.05) is 10.7 Å². The van der Waals surface area contributed by atoms with Crippen LogP contribution in [-0.2, 0) is 14.3 Å². The van der Waals surface area contributed by atoms with Crippen LogP contribution < -0.4 is 5.32 Å². The van der Waals surface area contributed by atoms with Crippen LogP contribution in [0.2, 0.25) is 5.02 Å². The van der Waals surface area contributed by atoms with Crippen LogP contribution in [0, 0.1) is 6.92 Å². The van der Waals surface area contributed by atoms with Gasteiger partial charge in [0.15, 0.2) is 0 Å². The lowest BCUT2D eigenvalue weighted by molar-refractivity contribution is -0.152. The summed E-state index contributed by atoms with van der Waals surface area (Å²) < 4.78 is 4.55. The van der Waals surface area contributed by atoms with Gasteiger partial charge in [-0.3, -0.25) is 4.79 Å². The van der Waals surface area contributed by atoms with Crippen LogP contribution >= 0.6 is 11.6 Å². The van der Waals surface area contributed by atoms with E-state index in [1.807, 2.05) is 6.92 Å². The molecule has 0 saturated carbocycles. The van der Waals surface area contributed by atoms with Crippen molar-refractivity contribution in [3.05, 3.63) is 28.8 Å². The quantitative estimate of drug-likeness (QED) is 0.638. The Labute approximate surface area is 98.5 Å². The maximum Gasteiger partial charge on any atom is 0.397 e. The molecule has 0 spiro atoms. The van der Waals surface area contributed by atoms with Crippen LogP contribution in [0.3, 0.4) is 0 Å². The number of esters is 1. The van der Waals surface area contributed by atoms with Crippen molar-refractivity contribution in [2.45, 2.75) is 13.8 Å². The number of benzene rings is 1. The van der Waals surface area contributed by atoms with E-state index >= 15 is 0 Å². The number of halogens is 1. The summed E-state index contributed by atoms with van der Waals surface area (Å²) in [6, 6.07) is 5.00. The van der Waals surface area contributed by atoms with Gasteiger partial charge in [-0.05, 0) is 31.5 Å². The minimum Gasteiger partial charge on any atom is -0.459 e. The molecule has 0 aliphatic carbocycles. The van der Waals surface area contributed by atoms with Gasteiger partial charge in [0.25, 0.3) is 0 Å². The third-order valence-corrected chi connectivity index (χ3v) is 2.30. The van der Waals surface area contributed by atoms with E-state index in [1.165, 1.54) is 0 Å². The van der Waals surface area contributed by atoms with E-state index in [1.54, 1.807) is 25.1 Å². The lowest BCUT2D eigenvalue weighted by Gasteiger charge is -2.05. The van der Waals surface area contributed by atoms with Gasteiger partial charge in [-0.1, -0.05) is 17.7 Å². The van der Waals surface area contributed by atoms with Crippen molar-refractivity contribution in [3.63, 3.8) is 0 Å². The average molecular weight is 242 g/mol. The van der Waals surface area contributed by atoms with E-state index in [4.69, 9.17) is 11.6 Å². The minimum atomic E-state index is -0.904. The van der Waals surface area contributed by atoms with Crippen molar-refractivity contribution in [1.29, 1.82) is 0 Å². The second kappa shape index (κ2) is 5.51. The number of carbonyl (C=O) groups is 2. The molecule has 16 heavy (non-hydrogen) atoms. The number of hydrogen-bond acceptors (Lipinski definition) is 3. The largest absolute Gasteiger partial charge is 0.459 e. The molecule has 1 aromatic carbocycles. The van der Waals surface area contributed by atoms with Gasteiger partial charge in [0.05, 0.1) is 6.61 Å². The summed E-state index contributed by atoms with van der Waals surface area (Å²) in [5.41, 5.74) is 1.37. The summed E-state index contributed by atoms with van der Waals surface area (Å²) in [6.45, 7) is 3.65. The van der Waals surface area contributed by atoms with Crippen LogP contribution in [0.15, 0.2) is 18.2 Å². The zero-order valence-electron chi connectivity index (χ0n) is 9.04. The Morgan fingerprint density at radius 2 is 2.12 bits per heavy atom. The molecule has 0 aromatic heterocycles. The molecule has 0 saturated heterocycles. The molecule has 0 aliphatic rings. The first kappa shape index (κ1) is 12.5. The Morgan fingerprint density at radius 3 is 2.69 bits per heavy atom. The van der Waals surface area contributed by atoms with Crippen LogP contribution in [0.4, 0.5) is 5.69 Å². The predicted molar refractivity (Wildman–Crippen MR) is 61.5 cm³/mol. The molecular weight excluding hydrogens is 230 g/mol. The number of anilines is 1. The average Bonchev–Trinajstić information content (AvgIpc) is 2.24. The number of hydrogen-bond donors (Lipinski definition) is 1. The molecular formula is C11H12ClNO3. The zero-order valence-corrected chi connectivity index (χ0v) is 9.80. The van der Waals surface area contributed by atoms with Crippen LogP contribution in [0.1, 0.15) is 12.5 Å². The maximum atomic E-state index is 11.3. The number of aryl methyl sites for hydroxylation is 1. The summed E-state index contributed by atoms with van der Waals surface area (Å²) in [5.74, 6) is -1.71. The van der Waals surface area contributed by atoms with Gasteiger partial charge in [-0.25, -0.2) is 4.79 Å². The van der Waals surface area contributed by atoms with Gasteiger partial charge < -0.3 is 10.1 Å². The van der Waals surface area contributed by atoms with E-state index in [9.17, 15) is 9.59 Å². The second-order valence-electron chi connectivity index (χ2n) is 3.14. The Morgan fingerprint density at radius 1 is 1.44 bits per heavy atom. The van der Waals surface area contributed by atoms with E-state index in [0.29, 0.717) is 10.7 Å². The van der Waals surface area contributed by atoms with Crippen molar-refractivity contribution in [2.24, 2.45) is 0 Å². The molecule has 1 rings (SSSR count). The van der Waals surface area contributed by atoms with Crippen LogP contribution in [0.5, 0.6) is 0 Å². The van der Waals surface area contributed by atoms with Crippen molar-refractivity contribution in [1.82, 2.24) is 0 Å². The SMILES string of the molecule is CCOC(=O)C(=O)Nc1ccc(C)c(Cl)c1. The molecule has 86 valence electrons. The molecule has 1 N–H and O–H groups in total. The molecule has 0 fully saturated rings. The lowest BCUT2D eigenvalue weighted by atomic mass is 10.2. The summed E-state index contributed by atoms with van der Waals surface area (Å²) in [6.07, 6.45) is 0. The summed E-state index contributed by atoms with van der Waals surface area (Å²) in [5, 5.41) is 2.93. The highest BCUT2D eigenvalue weighted by molar-refractivity contribution is 6.37. The number of carbonyl (C=O) groups excluding carboxylic acids is 2. The summed E-state index contributed by atoms with van der Waals surface area (Å²) >= 11 is 5.87. The predicted octanol–water partition coefficient (Wildman–Crippen LogP) is 2.15. The van der Waals surface area contributed by atoms with Gasteiger partial charge in [0.2, 0.25) is 0 Å². The van der Waals surface area contributed by atoms with Crippen molar-refractivity contribution < 1.29 is 14.3 Å². The monoisotopic (exact) mass is 241 g/mol. The van der Waals surface area contributed by atoms with Crippen LogP contribution in [-0.4, -0.2) is 18.5 Å². The fourth-order valence-corrected chi connectivity index (χ4v) is 1.23. The standard InChI is InChI=1S/C11H12ClNO3/c1-3-16-11(15)10(14)13-8-5-4-7(2)9(12)6-8/h4-6H,3H2,1-2H3,(H,13,14). The van der Waals surface area contributed by atoms with E-state index < -0.39 is 11.9 Å². The topological polar surface area (TPSA) is 55.4 Å². The normalized spacial score (nSPS) is 9.69. The molecule has 5 heteroatoms.